The van der Waals surface area contributed by atoms with Crippen molar-refractivity contribution < 1.29 is 19.6 Å². The first kappa shape index (κ1) is 22.1. The molecule has 1 aliphatic rings. The fourth-order valence-corrected chi connectivity index (χ4v) is 5.06. The third-order valence-electron chi connectivity index (χ3n) is 5.57. The standard InChI is InChI=1S/C21H20ClN3O6S/c22-14-11-15-13(10-16(14)25(29)30)19(18(20(26)23-15)17-5-3-9-32-17)31-8-6-12-4-1-2-7-24(12)21(27)28/h3,5,9-12H,1-2,4,6-8H2,(H,23,26)(H,27,28). The number of carbonyl (C=O) groups is 1. The maximum absolute atomic E-state index is 12.9. The van der Waals surface area contributed by atoms with Crippen LogP contribution in [0.5, 0.6) is 5.75 Å². The van der Waals surface area contributed by atoms with Crippen LogP contribution in [0, 0.1) is 10.1 Å². The number of halogens is 1. The lowest BCUT2D eigenvalue weighted by Gasteiger charge is -2.33. The van der Waals surface area contributed by atoms with Crippen molar-refractivity contribution >= 4 is 45.6 Å². The number of hydrogen-bond acceptors (Lipinski definition) is 6. The van der Waals surface area contributed by atoms with E-state index in [0.717, 1.165) is 19.3 Å². The molecule has 32 heavy (non-hydrogen) atoms. The predicted molar refractivity (Wildman–Crippen MR) is 122 cm³/mol. The average molecular weight is 478 g/mol. The molecule has 1 amide bonds. The Bertz CT molecular complexity index is 1230. The molecule has 1 fully saturated rings. The summed E-state index contributed by atoms with van der Waals surface area (Å²) in [7, 11) is 0. The summed E-state index contributed by atoms with van der Waals surface area (Å²) in [6.07, 6.45) is 1.99. The minimum atomic E-state index is -0.958. The number of aromatic amines is 1. The van der Waals surface area contributed by atoms with E-state index < -0.39 is 16.6 Å². The van der Waals surface area contributed by atoms with Crippen molar-refractivity contribution in [3.05, 3.63) is 55.1 Å². The molecule has 1 aromatic carbocycles. The molecule has 0 bridgehead atoms. The van der Waals surface area contributed by atoms with Crippen molar-refractivity contribution in [3.8, 4) is 16.2 Å². The molecule has 0 aliphatic carbocycles. The predicted octanol–water partition coefficient (Wildman–Crippen LogP) is 5.12. The number of rotatable bonds is 6. The number of hydrogen-bond donors (Lipinski definition) is 2. The summed E-state index contributed by atoms with van der Waals surface area (Å²) in [6, 6.07) is 6.03. The number of nitrogens with zero attached hydrogens (tertiary/aromatic N) is 2. The zero-order valence-electron chi connectivity index (χ0n) is 16.9. The van der Waals surface area contributed by atoms with E-state index in [9.17, 15) is 24.8 Å². The summed E-state index contributed by atoms with van der Waals surface area (Å²) in [5.74, 6) is 0.226. The number of H-pyrrole nitrogens is 1. The Morgan fingerprint density at radius 1 is 1.41 bits per heavy atom. The molecule has 0 radical (unpaired) electrons. The third-order valence-corrected chi connectivity index (χ3v) is 6.76. The Balaban J connectivity index is 1.74. The summed E-state index contributed by atoms with van der Waals surface area (Å²) in [6.45, 7) is 0.640. The minimum absolute atomic E-state index is 0.0905. The largest absolute Gasteiger partial charge is 0.492 e. The molecular weight excluding hydrogens is 458 g/mol. The lowest BCUT2D eigenvalue weighted by Crippen LogP contribution is -2.43. The van der Waals surface area contributed by atoms with Gasteiger partial charge in [0.15, 0.2) is 0 Å². The maximum Gasteiger partial charge on any atom is 0.407 e. The van der Waals surface area contributed by atoms with Crippen LogP contribution in [-0.4, -0.2) is 45.2 Å². The van der Waals surface area contributed by atoms with E-state index >= 15 is 0 Å². The number of aromatic nitrogens is 1. The zero-order chi connectivity index (χ0) is 22.8. The summed E-state index contributed by atoms with van der Waals surface area (Å²) in [5.41, 5.74) is -0.0872. The van der Waals surface area contributed by atoms with Crippen molar-refractivity contribution in [2.75, 3.05) is 13.2 Å². The normalized spacial score (nSPS) is 16.3. The molecule has 1 atom stereocenters. The van der Waals surface area contributed by atoms with Gasteiger partial charge in [-0.3, -0.25) is 14.9 Å². The highest BCUT2D eigenvalue weighted by atomic mass is 35.5. The molecule has 3 aromatic rings. The van der Waals surface area contributed by atoms with Gasteiger partial charge in [0.25, 0.3) is 11.2 Å². The number of fused-ring (bicyclic) bond motifs is 1. The second-order valence-electron chi connectivity index (χ2n) is 7.50. The number of pyridine rings is 1. The summed E-state index contributed by atoms with van der Waals surface area (Å²) in [4.78, 5) is 40.1. The van der Waals surface area contributed by atoms with Gasteiger partial charge in [-0.25, -0.2) is 4.79 Å². The maximum atomic E-state index is 12.9. The SMILES string of the molecule is O=C(O)N1CCCCC1CCOc1c(-c2cccs2)c(=O)[nH]c2cc(Cl)c([N+](=O)[O-])cc12. The van der Waals surface area contributed by atoms with E-state index in [1.54, 1.807) is 12.1 Å². The molecule has 9 nitrogen and oxygen atoms in total. The Hall–Kier alpha value is -3.11. The van der Waals surface area contributed by atoms with Gasteiger partial charge in [-0.1, -0.05) is 17.7 Å². The highest BCUT2D eigenvalue weighted by molar-refractivity contribution is 7.13. The van der Waals surface area contributed by atoms with Gasteiger partial charge in [0.2, 0.25) is 0 Å². The molecular formula is C21H20ClN3O6S. The monoisotopic (exact) mass is 477 g/mol. The highest BCUT2D eigenvalue weighted by Gasteiger charge is 2.27. The summed E-state index contributed by atoms with van der Waals surface area (Å²) >= 11 is 7.38. The van der Waals surface area contributed by atoms with Gasteiger partial charge in [-0.15, -0.1) is 11.3 Å². The van der Waals surface area contributed by atoms with Gasteiger partial charge in [-0.05, 0) is 36.8 Å². The van der Waals surface area contributed by atoms with Crippen LogP contribution in [-0.2, 0) is 0 Å². The van der Waals surface area contributed by atoms with E-state index in [1.165, 1.54) is 28.4 Å². The molecule has 4 rings (SSSR count). The zero-order valence-corrected chi connectivity index (χ0v) is 18.4. The average Bonchev–Trinajstić information content (AvgIpc) is 3.27. The Kier molecular flexibility index (Phi) is 6.33. The van der Waals surface area contributed by atoms with Crippen LogP contribution in [0.3, 0.4) is 0 Å². The van der Waals surface area contributed by atoms with Crippen LogP contribution < -0.4 is 10.3 Å². The second-order valence-corrected chi connectivity index (χ2v) is 8.86. The number of carboxylic acid groups (broad SMARTS) is 1. The lowest BCUT2D eigenvalue weighted by atomic mass is 10.0. The van der Waals surface area contributed by atoms with Gasteiger partial charge in [0, 0.05) is 35.3 Å². The molecule has 1 saturated heterocycles. The number of piperidine rings is 1. The molecule has 3 heterocycles. The topological polar surface area (TPSA) is 126 Å². The molecule has 0 saturated carbocycles. The van der Waals surface area contributed by atoms with Gasteiger partial charge in [0.05, 0.1) is 22.6 Å². The number of thiophene rings is 1. The van der Waals surface area contributed by atoms with Crippen LogP contribution in [0.2, 0.25) is 5.02 Å². The number of benzene rings is 1. The first-order valence-electron chi connectivity index (χ1n) is 10.1. The lowest BCUT2D eigenvalue weighted by molar-refractivity contribution is -0.384. The fraction of sp³-hybridized carbons (Fsp3) is 0.333. The van der Waals surface area contributed by atoms with E-state index in [4.69, 9.17) is 16.3 Å². The summed E-state index contributed by atoms with van der Waals surface area (Å²) in [5, 5.41) is 23.0. The van der Waals surface area contributed by atoms with Crippen molar-refractivity contribution in [1.29, 1.82) is 0 Å². The number of nitro benzene ring substituents is 1. The van der Waals surface area contributed by atoms with E-state index in [-0.39, 0.29) is 34.7 Å². The smallest absolute Gasteiger partial charge is 0.407 e. The van der Waals surface area contributed by atoms with Crippen molar-refractivity contribution in [2.24, 2.45) is 0 Å². The van der Waals surface area contributed by atoms with Gasteiger partial charge in [-0.2, -0.15) is 0 Å². The number of amides is 1. The van der Waals surface area contributed by atoms with E-state index in [2.05, 4.69) is 4.98 Å². The molecule has 0 spiro atoms. The number of nitro groups is 1. The molecule has 168 valence electrons. The Morgan fingerprint density at radius 2 is 2.22 bits per heavy atom. The molecule has 2 N–H and O–H groups in total. The number of ether oxygens (including phenoxy) is 1. The number of likely N-dealkylation sites (tertiary alicyclic amines) is 1. The van der Waals surface area contributed by atoms with Crippen molar-refractivity contribution in [1.82, 2.24) is 9.88 Å². The van der Waals surface area contributed by atoms with Crippen LogP contribution >= 0.6 is 22.9 Å². The Morgan fingerprint density at radius 3 is 2.91 bits per heavy atom. The fourth-order valence-electron chi connectivity index (χ4n) is 4.06. The van der Waals surface area contributed by atoms with Crippen LogP contribution in [0.1, 0.15) is 25.7 Å². The molecule has 1 aliphatic heterocycles. The molecule has 11 heteroatoms. The molecule has 1 unspecified atom stereocenters. The van der Waals surface area contributed by atoms with Crippen LogP contribution in [0.15, 0.2) is 34.4 Å². The van der Waals surface area contributed by atoms with Gasteiger partial charge in [0.1, 0.15) is 10.8 Å². The van der Waals surface area contributed by atoms with Crippen LogP contribution in [0.25, 0.3) is 21.3 Å². The van der Waals surface area contributed by atoms with Crippen LogP contribution in [0.4, 0.5) is 10.5 Å². The highest BCUT2D eigenvalue weighted by Crippen LogP contribution is 2.39. The number of nitrogens with one attached hydrogen (secondary N) is 1. The van der Waals surface area contributed by atoms with Crippen molar-refractivity contribution in [2.45, 2.75) is 31.7 Å². The van der Waals surface area contributed by atoms with Gasteiger partial charge >= 0.3 is 6.09 Å². The second kappa shape index (κ2) is 9.17. The first-order valence-corrected chi connectivity index (χ1v) is 11.3. The Labute approximate surface area is 191 Å². The minimum Gasteiger partial charge on any atom is -0.492 e. The summed E-state index contributed by atoms with van der Waals surface area (Å²) < 4.78 is 6.06. The molecule has 2 aromatic heterocycles. The van der Waals surface area contributed by atoms with E-state index in [1.807, 2.05) is 5.38 Å². The van der Waals surface area contributed by atoms with E-state index in [0.29, 0.717) is 28.7 Å². The third kappa shape index (κ3) is 4.28. The quantitative estimate of drug-likeness (QED) is 0.375. The van der Waals surface area contributed by atoms with Gasteiger partial charge < -0.3 is 19.7 Å². The first-order chi connectivity index (χ1) is 15.4. The van der Waals surface area contributed by atoms with Crippen molar-refractivity contribution in [3.63, 3.8) is 0 Å².